The first kappa shape index (κ1) is 21.9. The van der Waals surface area contributed by atoms with E-state index in [1.165, 1.54) is 14.2 Å². The molecule has 0 spiro atoms. The number of aliphatic carboxylic acids is 1. The highest BCUT2D eigenvalue weighted by Gasteiger charge is 2.23. The first-order valence-corrected chi connectivity index (χ1v) is 9.58. The van der Waals surface area contributed by atoms with Crippen LogP contribution in [0.15, 0.2) is 51.7 Å². The number of hydrogen-bond donors (Lipinski definition) is 2. The van der Waals surface area contributed by atoms with Gasteiger partial charge in [0.2, 0.25) is 5.91 Å². The number of carboxylic acid groups (broad SMARTS) is 1. The first-order chi connectivity index (χ1) is 14.8. The molecule has 162 valence electrons. The van der Waals surface area contributed by atoms with Gasteiger partial charge in [-0.15, -0.1) is 0 Å². The van der Waals surface area contributed by atoms with Crippen molar-refractivity contribution in [3.05, 3.63) is 69.6 Å². The van der Waals surface area contributed by atoms with Crippen LogP contribution in [0.2, 0.25) is 0 Å². The highest BCUT2D eigenvalue weighted by molar-refractivity contribution is 5.88. The maximum atomic E-state index is 12.6. The Hall–Kier alpha value is -3.81. The zero-order valence-electron chi connectivity index (χ0n) is 17.4. The van der Waals surface area contributed by atoms with E-state index >= 15 is 0 Å². The molecule has 8 heteroatoms. The van der Waals surface area contributed by atoms with Gasteiger partial charge >= 0.3 is 11.6 Å². The minimum Gasteiger partial charge on any atom is -0.493 e. The Morgan fingerprint density at radius 1 is 1.10 bits per heavy atom. The molecule has 2 N–H and O–H groups in total. The molecule has 0 aliphatic rings. The van der Waals surface area contributed by atoms with E-state index in [0.717, 1.165) is 5.56 Å². The molecular weight excluding hydrogens is 402 g/mol. The highest BCUT2D eigenvalue weighted by atomic mass is 16.5. The van der Waals surface area contributed by atoms with Gasteiger partial charge in [-0.2, -0.15) is 0 Å². The summed E-state index contributed by atoms with van der Waals surface area (Å²) in [5.41, 5.74) is 1.12. The molecule has 3 aromatic rings. The van der Waals surface area contributed by atoms with E-state index in [9.17, 15) is 19.5 Å². The average Bonchev–Trinajstić information content (AvgIpc) is 2.76. The quantitative estimate of drug-likeness (QED) is 0.533. The normalized spacial score (nSPS) is 11.7. The minimum absolute atomic E-state index is 0.129. The molecule has 0 aliphatic carbocycles. The van der Waals surface area contributed by atoms with Gasteiger partial charge in [-0.05, 0) is 24.1 Å². The lowest BCUT2D eigenvalue weighted by Crippen LogP contribution is -2.43. The van der Waals surface area contributed by atoms with Gasteiger partial charge in [0.1, 0.15) is 11.6 Å². The van der Waals surface area contributed by atoms with Crippen LogP contribution in [0.25, 0.3) is 11.0 Å². The molecule has 0 fully saturated rings. The summed E-state index contributed by atoms with van der Waals surface area (Å²) < 4.78 is 15.9. The van der Waals surface area contributed by atoms with Crippen LogP contribution in [-0.2, 0) is 22.4 Å². The smallest absolute Gasteiger partial charge is 0.340 e. The molecule has 8 nitrogen and oxygen atoms in total. The van der Waals surface area contributed by atoms with Crippen molar-refractivity contribution in [2.45, 2.75) is 25.8 Å². The Balaban J connectivity index is 1.86. The molecule has 0 unspecified atom stereocenters. The number of ether oxygens (including phenoxy) is 2. The van der Waals surface area contributed by atoms with Crippen LogP contribution in [-0.4, -0.2) is 37.2 Å². The molecule has 3 rings (SSSR count). The minimum atomic E-state index is -1.16. The third-order valence-corrected chi connectivity index (χ3v) is 5.04. The maximum Gasteiger partial charge on any atom is 0.340 e. The molecule has 1 heterocycles. The van der Waals surface area contributed by atoms with Crippen LogP contribution in [0.1, 0.15) is 16.7 Å². The van der Waals surface area contributed by atoms with Crippen molar-refractivity contribution in [2.24, 2.45) is 0 Å². The molecule has 0 saturated heterocycles. The number of rotatable bonds is 8. The number of benzene rings is 2. The van der Waals surface area contributed by atoms with E-state index in [2.05, 4.69) is 5.32 Å². The summed E-state index contributed by atoms with van der Waals surface area (Å²) in [6.45, 7) is 1.70. The number of methoxy groups -OCH3 is 2. The molecule has 1 atom stereocenters. The summed E-state index contributed by atoms with van der Waals surface area (Å²) in [4.78, 5) is 36.7. The number of carbonyl (C=O) groups is 2. The second-order valence-electron chi connectivity index (χ2n) is 7.02. The number of carboxylic acids is 1. The topological polar surface area (TPSA) is 115 Å². The number of carbonyl (C=O) groups excluding carboxylic acids is 1. The Morgan fingerprint density at radius 2 is 1.74 bits per heavy atom. The van der Waals surface area contributed by atoms with E-state index in [1.54, 1.807) is 43.3 Å². The Labute approximate surface area is 178 Å². The van der Waals surface area contributed by atoms with Crippen LogP contribution < -0.4 is 20.4 Å². The lowest BCUT2D eigenvalue weighted by Gasteiger charge is -2.15. The number of hydrogen-bond acceptors (Lipinski definition) is 6. The highest BCUT2D eigenvalue weighted by Crippen LogP contribution is 2.33. The van der Waals surface area contributed by atoms with Gasteiger partial charge in [0, 0.05) is 17.9 Å². The van der Waals surface area contributed by atoms with Crippen molar-refractivity contribution in [3.8, 4) is 11.5 Å². The summed E-state index contributed by atoms with van der Waals surface area (Å²) in [5.74, 6) is -0.876. The van der Waals surface area contributed by atoms with Crippen molar-refractivity contribution in [3.63, 3.8) is 0 Å². The third kappa shape index (κ3) is 4.85. The third-order valence-electron chi connectivity index (χ3n) is 5.04. The summed E-state index contributed by atoms with van der Waals surface area (Å²) in [6, 6.07) is 11.1. The van der Waals surface area contributed by atoms with Gasteiger partial charge in [-0.3, -0.25) is 4.79 Å². The molecule has 31 heavy (non-hydrogen) atoms. The molecule has 0 radical (unpaired) electrons. The fraction of sp³-hybridized carbons (Fsp3) is 0.261. The lowest BCUT2D eigenvalue weighted by molar-refractivity contribution is -0.141. The van der Waals surface area contributed by atoms with E-state index in [0.29, 0.717) is 28.0 Å². The van der Waals surface area contributed by atoms with Gasteiger partial charge in [0.25, 0.3) is 0 Å². The molecule has 1 amide bonds. The van der Waals surface area contributed by atoms with Crippen LogP contribution in [0.5, 0.6) is 11.5 Å². The van der Waals surface area contributed by atoms with Crippen LogP contribution in [0, 0.1) is 6.92 Å². The summed E-state index contributed by atoms with van der Waals surface area (Å²) in [5, 5.41) is 12.6. The molecule has 1 aromatic heterocycles. The second-order valence-corrected chi connectivity index (χ2v) is 7.02. The number of fused-ring (bicyclic) bond motifs is 1. The van der Waals surface area contributed by atoms with Crippen molar-refractivity contribution >= 4 is 22.8 Å². The van der Waals surface area contributed by atoms with Crippen molar-refractivity contribution in [1.82, 2.24) is 5.32 Å². The Bertz CT molecular complexity index is 1170. The maximum absolute atomic E-state index is 12.6. The zero-order valence-corrected chi connectivity index (χ0v) is 17.4. The fourth-order valence-corrected chi connectivity index (χ4v) is 3.38. The Kier molecular flexibility index (Phi) is 6.59. The summed E-state index contributed by atoms with van der Waals surface area (Å²) in [6.07, 6.45) is -0.179. The molecule has 0 saturated carbocycles. The Morgan fingerprint density at radius 3 is 2.35 bits per heavy atom. The molecular formula is C23H23NO7. The van der Waals surface area contributed by atoms with Crippen molar-refractivity contribution in [2.75, 3.05) is 14.2 Å². The first-order valence-electron chi connectivity index (χ1n) is 9.58. The number of nitrogens with one attached hydrogen (secondary N) is 1. The van der Waals surface area contributed by atoms with E-state index in [-0.39, 0.29) is 18.4 Å². The molecule has 2 aromatic carbocycles. The lowest BCUT2D eigenvalue weighted by atomic mass is 10.0. The van der Waals surface area contributed by atoms with Crippen LogP contribution >= 0.6 is 0 Å². The predicted octanol–water partition coefficient (Wildman–Crippen LogP) is 2.47. The average molecular weight is 425 g/mol. The van der Waals surface area contributed by atoms with Gasteiger partial charge in [0.15, 0.2) is 11.5 Å². The van der Waals surface area contributed by atoms with E-state index in [4.69, 9.17) is 13.9 Å². The monoisotopic (exact) mass is 425 g/mol. The van der Waals surface area contributed by atoms with Gasteiger partial charge in [0.05, 0.1) is 26.2 Å². The number of amides is 1. The largest absolute Gasteiger partial charge is 0.493 e. The summed E-state index contributed by atoms with van der Waals surface area (Å²) in [7, 11) is 2.97. The van der Waals surface area contributed by atoms with Crippen molar-refractivity contribution < 1.29 is 28.6 Å². The van der Waals surface area contributed by atoms with E-state index in [1.807, 2.05) is 6.07 Å². The van der Waals surface area contributed by atoms with E-state index < -0.39 is 23.5 Å². The van der Waals surface area contributed by atoms with Gasteiger partial charge < -0.3 is 24.3 Å². The summed E-state index contributed by atoms with van der Waals surface area (Å²) >= 11 is 0. The van der Waals surface area contributed by atoms with Gasteiger partial charge in [-0.1, -0.05) is 30.3 Å². The molecule has 0 bridgehead atoms. The second kappa shape index (κ2) is 9.34. The predicted molar refractivity (Wildman–Crippen MR) is 114 cm³/mol. The van der Waals surface area contributed by atoms with Crippen LogP contribution in [0.3, 0.4) is 0 Å². The fourth-order valence-electron chi connectivity index (χ4n) is 3.38. The zero-order chi connectivity index (χ0) is 22.5. The van der Waals surface area contributed by atoms with Crippen molar-refractivity contribution in [1.29, 1.82) is 0 Å². The van der Waals surface area contributed by atoms with Crippen LogP contribution in [0.4, 0.5) is 0 Å². The standard InChI is InChI=1S/C23H23NO7/c1-13-15-10-19(29-2)20(30-3)12-18(15)31-23(28)16(13)11-21(25)24-17(22(26)27)9-14-7-5-4-6-8-14/h4-8,10,12,17H,9,11H2,1-3H3,(H,24,25)(H,26,27)/t17-/m1/s1. The SMILES string of the molecule is COc1cc2oc(=O)c(CC(=O)N[C@H](Cc3ccccc3)C(=O)O)c(C)c2cc1OC. The number of aryl methyl sites for hydroxylation is 1. The van der Waals surface area contributed by atoms with Gasteiger partial charge in [-0.25, -0.2) is 9.59 Å². The molecule has 0 aliphatic heterocycles.